The van der Waals surface area contributed by atoms with E-state index in [-0.39, 0.29) is 29.0 Å². The molecule has 60 heavy (non-hydrogen) atoms. The number of carbonyl (C=O) groups excluding carboxylic acids is 4. The number of hydrogen-bond acceptors (Lipinski definition) is 15. The standard InChI is InChI=1S/C42H60N6O10Si2/c1-26(2)54-36(49)34(37(50)55-27(3)4)24-30-14-18-32(19-15-30)44-41-46-40(43-22-13-23-60(12,53)58-59(9,10)11)47-42(48-41)45-33-20-16-31(17-21-33)25-35(38(51)56-28(5)6)39(52)57-29(7)8/h14-21,24-29,53H,13,22-23H2,1-12H3,(H3,43,44,45,46,47,48)/p+1. The van der Waals surface area contributed by atoms with Gasteiger partial charge in [-0.25, -0.2) is 19.2 Å². The molecule has 3 rings (SSSR count). The summed E-state index contributed by atoms with van der Waals surface area (Å²) in [7, 11) is -4.46. The lowest BCUT2D eigenvalue weighted by Gasteiger charge is -2.24. The minimum atomic E-state index is -2.60. The van der Waals surface area contributed by atoms with Crippen LogP contribution in [0.3, 0.4) is 0 Å². The Kier molecular flexibility index (Phi) is 18.1. The molecule has 0 amide bonds. The maximum atomic E-state index is 12.8. The fraction of sp³-hybridized carbons (Fsp3) is 0.452. The monoisotopic (exact) mass is 865 g/mol. The van der Waals surface area contributed by atoms with Gasteiger partial charge in [0.05, 0.1) is 24.4 Å². The van der Waals surface area contributed by atoms with Crippen LogP contribution in [0.15, 0.2) is 59.7 Å². The Bertz CT molecular complexity index is 1830. The largest absolute Gasteiger partial charge is 0.529 e. The first kappa shape index (κ1) is 48.9. The average molecular weight is 866 g/mol. The maximum absolute atomic E-state index is 12.8. The molecule has 0 aliphatic carbocycles. The first-order chi connectivity index (χ1) is 28.0. The Morgan fingerprint density at radius 3 is 1.23 bits per heavy atom. The zero-order chi connectivity index (χ0) is 44.8. The van der Waals surface area contributed by atoms with E-state index in [1.54, 1.807) is 104 Å². The van der Waals surface area contributed by atoms with Crippen LogP contribution in [0.2, 0.25) is 32.2 Å². The maximum Gasteiger partial charge on any atom is 0.529 e. The van der Waals surface area contributed by atoms with Crippen LogP contribution in [-0.2, 0) is 42.2 Å². The quantitative estimate of drug-likeness (QED) is 0.0139. The van der Waals surface area contributed by atoms with Crippen molar-refractivity contribution in [3.05, 3.63) is 70.8 Å². The number of nitrogens with zero attached hydrogens (tertiary/aromatic N) is 3. The third kappa shape index (κ3) is 17.8. The molecule has 326 valence electrons. The van der Waals surface area contributed by atoms with Gasteiger partial charge >= 0.3 is 32.4 Å². The van der Waals surface area contributed by atoms with Gasteiger partial charge in [-0.3, -0.25) is 0 Å². The Hall–Kier alpha value is -5.44. The molecule has 0 spiro atoms. The highest BCUT2D eigenvalue weighted by Gasteiger charge is 2.41. The summed E-state index contributed by atoms with van der Waals surface area (Å²) in [4.78, 5) is 73.6. The molecule has 18 heteroatoms. The van der Waals surface area contributed by atoms with Crippen LogP contribution in [0.25, 0.3) is 12.2 Å². The molecule has 2 aromatic carbocycles. The Labute approximate surface area is 354 Å². The molecule has 1 unspecified atom stereocenters. The van der Waals surface area contributed by atoms with Gasteiger partial charge in [0.2, 0.25) is 17.8 Å². The summed E-state index contributed by atoms with van der Waals surface area (Å²) in [6, 6.07) is 14.4. The van der Waals surface area contributed by atoms with Crippen LogP contribution >= 0.6 is 0 Å². The highest BCUT2D eigenvalue weighted by atomic mass is 28.4. The molecule has 1 atom stereocenters. The van der Waals surface area contributed by atoms with Gasteiger partial charge < -0.3 is 43.8 Å². The molecule has 0 saturated heterocycles. The molecular formula is C42H61N6O10Si2+. The fourth-order valence-electron chi connectivity index (χ4n) is 5.35. The van der Waals surface area contributed by atoms with Crippen molar-refractivity contribution in [1.29, 1.82) is 0 Å². The van der Waals surface area contributed by atoms with Crippen LogP contribution in [-0.4, -0.2) is 91.5 Å². The highest BCUT2D eigenvalue weighted by molar-refractivity contribution is 6.81. The summed E-state index contributed by atoms with van der Waals surface area (Å²) in [5.41, 5.74) is 1.86. The summed E-state index contributed by atoms with van der Waals surface area (Å²) in [5.74, 6) is -2.44. The van der Waals surface area contributed by atoms with E-state index in [2.05, 4.69) is 50.5 Å². The van der Waals surface area contributed by atoms with Crippen molar-refractivity contribution in [1.82, 2.24) is 15.0 Å². The second-order valence-corrected chi connectivity index (χ2v) is 24.2. The number of esters is 4. The van der Waals surface area contributed by atoms with Gasteiger partial charge in [0, 0.05) is 30.5 Å². The molecule has 1 heterocycles. The van der Waals surface area contributed by atoms with Gasteiger partial charge in [-0.2, -0.15) is 15.0 Å². The average Bonchev–Trinajstić information content (AvgIpc) is 3.10. The van der Waals surface area contributed by atoms with Crippen LogP contribution in [0.5, 0.6) is 0 Å². The van der Waals surface area contributed by atoms with E-state index >= 15 is 0 Å². The molecule has 0 radical (unpaired) electrons. The van der Waals surface area contributed by atoms with Gasteiger partial charge in [0.1, 0.15) is 11.1 Å². The first-order valence-electron chi connectivity index (χ1n) is 19.9. The molecule has 1 aromatic heterocycles. The van der Waals surface area contributed by atoms with Crippen molar-refractivity contribution >= 4 is 82.1 Å². The van der Waals surface area contributed by atoms with E-state index in [1.807, 2.05) is 6.55 Å². The molecule has 5 N–H and O–H groups in total. The number of rotatable bonds is 21. The van der Waals surface area contributed by atoms with E-state index in [0.29, 0.717) is 41.5 Å². The molecule has 0 saturated carbocycles. The Morgan fingerprint density at radius 1 is 0.583 bits per heavy atom. The normalized spacial score (nSPS) is 12.3. The fourth-order valence-corrected chi connectivity index (χ4v) is 12.0. The van der Waals surface area contributed by atoms with Gasteiger partial charge in [-0.05, 0) is 129 Å². The summed E-state index contributed by atoms with van der Waals surface area (Å²) in [5, 5.41) is 9.63. The number of anilines is 5. The Balaban J connectivity index is 1.91. The predicted molar refractivity (Wildman–Crippen MR) is 238 cm³/mol. The summed E-state index contributed by atoms with van der Waals surface area (Å²) in [6.07, 6.45) is 1.79. The number of ether oxygens (including phenoxy) is 4. The third-order valence-electron chi connectivity index (χ3n) is 7.49. The molecule has 3 aromatic rings. The van der Waals surface area contributed by atoms with Crippen molar-refractivity contribution in [3.63, 3.8) is 0 Å². The van der Waals surface area contributed by atoms with Gasteiger partial charge in [-0.15, -0.1) is 0 Å². The third-order valence-corrected chi connectivity index (χ3v) is 13.0. The van der Waals surface area contributed by atoms with E-state index in [0.717, 1.165) is 0 Å². The van der Waals surface area contributed by atoms with Crippen molar-refractivity contribution in [3.8, 4) is 0 Å². The van der Waals surface area contributed by atoms with Crippen LogP contribution in [0.1, 0.15) is 72.9 Å². The lowest BCUT2D eigenvalue weighted by atomic mass is 10.1. The number of nitrogens with one attached hydrogen (secondary N) is 3. The number of hydrogen-bond donors (Lipinski definition) is 3. The molecule has 16 nitrogen and oxygen atoms in total. The summed E-state index contributed by atoms with van der Waals surface area (Å²) >= 11 is 0. The second kappa shape index (κ2) is 22.2. The molecule has 0 bridgehead atoms. The zero-order valence-electron chi connectivity index (χ0n) is 36.7. The van der Waals surface area contributed by atoms with Gasteiger partial charge in [0.25, 0.3) is 0 Å². The van der Waals surface area contributed by atoms with Crippen molar-refractivity contribution < 1.29 is 47.0 Å². The van der Waals surface area contributed by atoms with Gasteiger partial charge in [-0.1, -0.05) is 24.3 Å². The summed E-state index contributed by atoms with van der Waals surface area (Å²) < 4.78 is 27.3. The van der Waals surface area contributed by atoms with Crippen LogP contribution < -0.4 is 16.0 Å². The minimum absolute atomic E-state index is 0.207. The second-order valence-electron chi connectivity index (χ2n) is 16.2. The van der Waals surface area contributed by atoms with E-state index in [1.165, 1.54) is 12.2 Å². The number of aromatic nitrogens is 3. The lowest BCUT2D eigenvalue weighted by Crippen LogP contribution is -2.45. The Morgan fingerprint density at radius 2 is 0.917 bits per heavy atom. The van der Waals surface area contributed by atoms with Crippen molar-refractivity contribution in [2.45, 2.75) is 118 Å². The molecule has 0 aliphatic heterocycles. The first-order valence-corrected chi connectivity index (χ1v) is 26.0. The van der Waals surface area contributed by atoms with Crippen molar-refractivity contribution in [2.75, 3.05) is 22.5 Å². The van der Waals surface area contributed by atoms with Crippen LogP contribution in [0, 0.1) is 0 Å². The number of benzene rings is 2. The van der Waals surface area contributed by atoms with E-state index in [9.17, 15) is 19.2 Å². The highest BCUT2D eigenvalue weighted by Crippen LogP contribution is 2.23. The van der Waals surface area contributed by atoms with Crippen molar-refractivity contribution in [2.24, 2.45) is 0 Å². The zero-order valence-corrected chi connectivity index (χ0v) is 38.7. The van der Waals surface area contributed by atoms with Crippen LogP contribution in [0.4, 0.5) is 29.2 Å². The van der Waals surface area contributed by atoms with E-state index in [4.69, 9.17) is 27.9 Å². The molecular weight excluding hydrogens is 805 g/mol. The van der Waals surface area contributed by atoms with Gasteiger partial charge in [0.15, 0.2) is 8.32 Å². The lowest BCUT2D eigenvalue weighted by molar-refractivity contribution is -0.152. The summed E-state index contributed by atoms with van der Waals surface area (Å²) in [6.45, 7) is 22.2. The molecule has 0 aliphatic rings. The SMILES string of the molecule is CC(C)OC(=O)C(=Cc1ccc(Nc2nc(NCCC[Si](C)([OH2+])O[Si](C)(C)C)nc(Nc3ccc(C=C(C(=O)OC(C)C)C(=O)OC(C)C)cc3)n2)cc1)C(=O)OC(C)C. The predicted octanol–water partition coefficient (Wildman–Crippen LogP) is 7.38. The minimum Gasteiger partial charge on any atom is -0.522 e. The molecule has 0 fully saturated rings. The van der Waals surface area contributed by atoms with E-state index < -0.39 is 65.2 Å². The topological polar surface area (TPSA) is 212 Å². The number of carbonyl (C=O) groups is 4. The smallest absolute Gasteiger partial charge is 0.522 e.